The van der Waals surface area contributed by atoms with Gasteiger partial charge in [-0.1, -0.05) is 0 Å². The second-order valence-corrected chi connectivity index (χ2v) is 2.73. The fourth-order valence-corrected chi connectivity index (χ4v) is 1.11. The second kappa shape index (κ2) is 4.30. The van der Waals surface area contributed by atoms with Crippen LogP contribution in [0.25, 0.3) is 0 Å². The van der Waals surface area contributed by atoms with E-state index in [0.717, 1.165) is 0 Å². The summed E-state index contributed by atoms with van der Waals surface area (Å²) in [5.74, 6) is 0.0842. The van der Waals surface area contributed by atoms with E-state index in [-0.39, 0.29) is 23.6 Å². The molecule has 0 aromatic carbocycles. The van der Waals surface area contributed by atoms with E-state index in [4.69, 9.17) is 16.6 Å². The van der Waals surface area contributed by atoms with Gasteiger partial charge in [-0.15, -0.1) is 0 Å². The smallest absolute Gasteiger partial charge is 0.265 e. The van der Waals surface area contributed by atoms with Crippen LogP contribution in [-0.2, 0) is 13.2 Å². The predicted molar refractivity (Wildman–Crippen MR) is 47.4 cm³/mol. The molecule has 0 radical (unpaired) electrons. The van der Waals surface area contributed by atoms with Crippen LogP contribution >= 0.6 is 0 Å². The topological polar surface area (TPSA) is 85.2 Å². The average molecular weight is 203 g/mol. The van der Waals surface area contributed by atoms with Crippen molar-refractivity contribution < 1.29 is 13.9 Å². The van der Waals surface area contributed by atoms with Crippen molar-refractivity contribution in [3.05, 3.63) is 22.9 Å². The summed E-state index contributed by atoms with van der Waals surface area (Å²) in [6, 6.07) is 1.18. The highest BCUT2D eigenvalue weighted by Gasteiger charge is 2.16. The van der Waals surface area contributed by atoms with E-state index in [1.165, 1.54) is 6.07 Å². The fraction of sp³-hybridized carbons (Fsp3) is 0.375. The number of alkyl halides is 2. The van der Waals surface area contributed by atoms with Gasteiger partial charge in [-0.05, 0) is 6.07 Å². The standard InChI is InChI=1S/C8H11F2N3O/c9-7(10)5-1-4(2-11)8(12)13-6(5)3-14/h1,7,14H,2-3,11H2,(H2,12,13). The summed E-state index contributed by atoms with van der Waals surface area (Å²) in [7, 11) is 0. The van der Waals surface area contributed by atoms with Gasteiger partial charge in [0.25, 0.3) is 6.43 Å². The van der Waals surface area contributed by atoms with Crippen LogP contribution in [0.4, 0.5) is 14.6 Å². The van der Waals surface area contributed by atoms with Gasteiger partial charge in [0.05, 0.1) is 12.3 Å². The Morgan fingerprint density at radius 1 is 1.50 bits per heavy atom. The minimum absolute atomic E-state index is 0.0459. The van der Waals surface area contributed by atoms with E-state index in [1.807, 2.05) is 0 Å². The molecule has 0 atom stereocenters. The number of aliphatic hydroxyl groups excluding tert-OH is 1. The van der Waals surface area contributed by atoms with Gasteiger partial charge >= 0.3 is 0 Å². The summed E-state index contributed by atoms with van der Waals surface area (Å²) in [4.78, 5) is 3.65. The van der Waals surface area contributed by atoms with Crippen molar-refractivity contribution in [1.29, 1.82) is 0 Å². The molecule has 1 aromatic heterocycles. The lowest BCUT2D eigenvalue weighted by Gasteiger charge is -2.09. The zero-order valence-electron chi connectivity index (χ0n) is 7.37. The van der Waals surface area contributed by atoms with Gasteiger partial charge in [0.1, 0.15) is 5.82 Å². The van der Waals surface area contributed by atoms with Gasteiger partial charge in [0, 0.05) is 17.7 Å². The Morgan fingerprint density at radius 3 is 2.57 bits per heavy atom. The van der Waals surface area contributed by atoms with E-state index >= 15 is 0 Å². The molecule has 0 aliphatic carbocycles. The molecule has 0 saturated carbocycles. The highest BCUT2D eigenvalue weighted by Crippen LogP contribution is 2.25. The molecule has 4 nitrogen and oxygen atoms in total. The van der Waals surface area contributed by atoms with Crippen LogP contribution < -0.4 is 11.5 Å². The number of anilines is 1. The van der Waals surface area contributed by atoms with Gasteiger partial charge in [-0.3, -0.25) is 0 Å². The lowest BCUT2D eigenvalue weighted by Crippen LogP contribution is -2.09. The van der Waals surface area contributed by atoms with Crippen molar-refractivity contribution in [2.45, 2.75) is 19.6 Å². The SMILES string of the molecule is NCc1cc(C(F)F)c(CO)nc1N. The van der Waals surface area contributed by atoms with E-state index in [9.17, 15) is 8.78 Å². The van der Waals surface area contributed by atoms with Crippen molar-refractivity contribution in [3.8, 4) is 0 Å². The minimum Gasteiger partial charge on any atom is -0.390 e. The monoisotopic (exact) mass is 203 g/mol. The molecular formula is C8H11F2N3O. The quantitative estimate of drug-likeness (QED) is 0.669. The van der Waals surface area contributed by atoms with E-state index < -0.39 is 13.0 Å². The van der Waals surface area contributed by atoms with Crippen molar-refractivity contribution in [1.82, 2.24) is 4.98 Å². The lowest BCUT2D eigenvalue weighted by molar-refractivity contribution is 0.146. The maximum absolute atomic E-state index is 12.4. The summed E-state index contributed by atoms with van der Waals surface area (Å²) in [5.41, 5.74) is 10.7. The molecule has 1 heterocycles. The Bertz CT molecular complexity index is 331. The van der Waals surface area contributed by atoms with Gasteiger partial charge in [-0.25, -0.2) is 13.8 Å². The van der Waals surface area contributed by atoms with Crippen molar-refractivity contribution in [2.24, 2.45) is 5.73 Å². The van der Waals surface area contributed by atoms with Crippen LogP contribution in [0.2, 0.25) is 0 Å². The van der Waals surface area contributed by atoms with Crippen LogP contribution in [-0.4, -0.2) is 10.1 Å². The Kier molecular flexibility index (Phi) is 3.32. The number of hydrogen-bond acceptors (Lipinski definition) is 4. The summed E-state index contributed by atoms with van der Waals surface area (Å²) in [6.45, 7) is -0.515. The second-order valence-electron chi connectivity index (χ2n) is 2.73. The number of nitrogen functional groups attached to an aromatic ring is 1. The number of halogens is 2. The lowest BCUT2D eigenvalue weighted by atomic mass is 10.1. The van der Waals surface area contributed by atoms with E-state index in [0.29, 0.717) is 5.56 Å². The first-order chi connectivity index (χ1) is 6.60. The summed E-state index contributed by atoms with van der Waals surface area (Å²) in [6.07, 6.45) is -2.68. The molecule has 0 amide bonds. The summed E-state index contributed by atoms with van der Waals surface area (Å²) < 4.78 is 24.9. The van der Waals surface area contributed by atoms with Crippen molar-refractivity contribution >= 4 is 5.82 Å². The largest absolute Gasteiger partial charge is 0.390 e. The Labute approximate surface area is 79.6 Å². The number of pyridine rings is 1. The third kappa shape index (κ3) is 1.97. The number of aliphatic hydroxyl groups is 1. The zero-order chi connectivity index (χ0) is 10.7. The van der Waals surface area contributed by atoms with Crippen LogP contribution in [0.5, 0.6) is 0 Å². The zero-order valence-corrected chi connectivity index (χ0v) is 7.37. The maximum Gasteiger partial charge on any atom is 0.265 e. The number of hydrogen-bond donors (Lipinski definition) is 3. The molecule has 0 aliphatic heterocycles. The molecule has 0 fully saturated rings. The molecule has 0 saturated heterocycles. The van der Waals surface area contributed by atoms with Crippen LogP contribution in [0.1, 0.15) is 23.2 Å². The number of nitrogens with zero attached hydrogens (tertiary/aromatic N) is 1. The summed E-state index contributed by atoms with van der Waals surface area (Å²) >= 11 is 0. The highest BCUT2D eigenvalue weighted by molar-refractivity contribution is 5.43. The van der Waals surface area contributed by atoms with E-state index in [2.05, 4.69) is 4.98 Å². The molecular weight excluding hydrogens is 192 g/mol. The van der Waals surface area contributed by atoms with Crippen LogP contribution in [0.15, 0.2) is 6.07 Å². The molecule has 0 unspecified atom stereocenters. The molecule has 6 heteroatoms. The Hall–Kier alpha value is -1.27. The first-order valence-corrected chi connectivity index (χ1v) is 3.97. The van der Waals surface area contributed by atoms with Gasteiger partial charge in [0.2, 0.25) is 0 Å². The van der Waals surface area contributed by atoms with Crippen molar-refractivity contribution in [2.75, 3.05) is 5.73 Å². The number of aromatic nitrogens is 1. The molecule has 0 bridgehead atoms. The molecule has 0 aliphatic rings. The van der Waals surface area contributed by atoms with Gasteiger partial charge < -0.3 is 16.6 Å². The van der Waals surface area contributed by atoms with Gasteiger partial charge in [0.15, 0.2) is 0 Å². The molecule has 14 heavy (non-hydrogen) atoms. The first-order valence-electron chi connectivity index (χ1n) is 3.97. The van der Waals surface area contributed by atoms with Crippen molar-refractivity contribution in [3.63, 3.8) is 0 Å². The molecule has 5 N–H and O–H groups in total. The third-order valence-corrected chi connectivity index (χ3v) is 1.85. The minimum atomic E-state index is -2.68. The van der Waals surface area contributed by atoms with Crippen LogP contribution in [0.3, 0.4) is 0 Å². The predicted octanol–water partition coefficient (Wildman–Crippen LogP) is 0.552. The highest BCUT2D eigenvalue weighted by atomic mass is 19.3. The molecule has 1 rings (SSSR count). The summed E-state index contributed by atoms with van der Waals surface area (Å²) in [5, 5.41) is 8.77. The number of rotatable bonds is 3. The van der Waals surface area contributed by atoms with E-state index in [1.54, 1.807) is 0 Å². The molecule has 78 valence electrons. The first kappa shape index (κ1) is 10.8. The Morgan fingerprint density at radius 2 is 2.14 bits per heavy atom. The number of nitrogens with two attached hydrogens (primary N) is 2. The maximum atomic E-state index is 12.4. The Balaban J connectivity index is 3.25. The fourth-order valence-electron chi connectivity index (χ4n) is 1.11. The van der Waals surface area contributed by atoms with Gasteiger partial charge in [-0.2, -0.15) is 0 Å². The van der Waals surface area contributed by atoms with Crippen LogP contribution in [0, 0.1) is 0 Å². The third-order valence-electron chi connectivity index (χ3n) is 1.85. The average Bonchev–Trinajstić information content (AvgIpc) is 2.16. The normalized spacial score (nSPS) is 10.9. The molecule has 1 aromatic rings. The molecule has 0 spiro atoms.